The molecule has 6 nitrogen and oxygen atoms in total. The van der Waals surface area contributed by atoms with E-state index in [-0.39, 0.29) is 0 Å². The van der Waals surface area contributed by atoms with Gasteiger partial charge in [-0.1, -0.05) is 13.0 Å². The van der Waals surface area contributed by atoms with Crippen molar-refractivity contribution in [2.75, 3.05) is 33.0 Å². The number of guanidine groups is 1. The number of likely N-dealkylation sites (tertiary alicyclic amines) is 1. The average molecular weight is 318 g/mol. The maximum Gasteiger partial charge on any atom is 0.231 e. The highest BCUT2D eigenvalue weighted by Crippen LogP contribution is 2.32. The summed E-state index contributed by atoms with van der Waals surface area (Å²) < 4.78 is 10.7. The fourth-order valence-corrected chi connectivity index (χ4v) is 3.21. The Morgan fingerprint density at radius 3 is 3.13 bits per heavy atom. The summed E-state index contributed by atoms with van der Waals surface area (Å²) in [4.78, 5) is 6.97. The first-order chi connectivity index (χ1) is 11.3. The molecule has 6 heteroatoms. The van der Waals surface area contributed by atoms with E-state index >= 15 is 0 Å². The first kappa shape index (κ1) is 15.9. The summed E-state index contributed by atoms with van der Waals surface area (Å²) in [7, 11) is 0. The van der Waals surface area contributed by atoms with E-state index in [1.165, 1.54) is 24.9 Å². The van der Waals surface area contributed by atoms with Crippen LogP contribution in [0.3, 0.4) is 0 Å². The molecule has 0 radical (unpaired) electrons. The first-order valence-corrected chi connectivity index (χ1v) is 8.42. The molecule has 3 rings (SSSR count). The summed E-state index contributed by atoms with van der Waals surface area (Å²) in [5.41, 5.74) is 7.17. The first-order valence-electron chi connectivity index (χ1n) is 8.42. The minimum absolute atomic E-state index is 0.312. The summed E-state index contributed by atoms with van der Waals surface area (Å²) in [6.07, 6.45) is 3.37. The number of likely N-dealkylation sites (N-methyl/N-ethyl adjacent to an activating group) is 1. The standard InChI is InChI=1S/C17H26N4O2/c1-2-21-9-3-4-14(21)11-20-17(18)19-8-7-13-5-6-15-16(10-13)23-12-22-15/h5-6,10,14H,2-4,7-9,11-12H2,1H3,(H3,18,19,20). The third-order valence-electron chi connectivity index (χ3n) is 4.53. The van der Waals surface area contributed by atoms with Gasteiger partial charge in [-0.2, -0.15) is 0 Å². The van der Waals surface area contributed by atoms with Gasteiger partial charge in [0, 0.05) is 12.6 Å². The number of hydrogen-bond donors (Lipinski definition) is 2. The molecule has 0 aliphatic carbocycles. The Balaban J connectivity index is 1.42. The highest BCUT2D eigenvalue weighted by molar-refractivity contribution is 5.77. The number of fused-ring (bicyclic) bond motifs is 1. The topological polar surface area (TPSA) is 72.1 Å². The van der Waals surface area contributed by atoms with Crippen LogP contribution >= 0.6 is 0 Å². The lowest BCUT2D eigenvalue weighted by Crippen LogP contribution is -2.36. The van der Waals surface area contributed by atoms with Gasteiger partial charge in [0.15, 0.2) is 17.5 Å². The number of benzene rings is 1. The van der Waals surface area contributed by atoms with E-state index in [1.807, 2.05) is 12.1 Å². The number of ether oxygens (including phenoxy) is 2. The maximum atomic E-state index is 5.97. The zero-order valence-corrected chi connectivity index (χ0v) is 13.8. The van der Waals surface area contributed by atoms with Crippen molar-refractivity contribution in [3.8, 4) is 11.5 Å². The molecule has 2 aliphatic rings. The van der Waals surface area contributed by atoms with Crippen LogP contribution in [-0.2, 0) is 6.42 Å². The summed E-state index contributed by atoms with van der Waals surface area (Å²) in [5, 5.41) is 3.19. The molecule has 1 unspecified atom stereocenters. The lowest BCUT2D eigenvalue weighted by molar-refractivity contribution is 0.174. The molecule has 0 spiro atoms. The van der Waals surface area contributed by atoms with Gasteiger partial charge >= 0.3 is 0 Å². The lowest BCUT2D eigenvalue weighted by Gasteiger charge is -2.20. The third kappa shape index (κ3) is 4.07. The van der Waals surface area contributed by atoms with Crippen molar-refractivity contribution >= 4 is 5.96 Å². The Labute approximate surface area is 137 Å². The number of hydrogen-bond acceptors (Lipinski definition) is 4. The molecule has 0 saturated carbocycles. The summed E-state index contributed by atoms with van der Waals surface area (Å²) in [6.45, 7) is 6.35. The smallest absolute Gasteiger partial charge is 0.231 e. The van der Waals surface area contributed by atoms with Crippen molar-refractivity contribution in [2.24, 2.45) is 10.7 Å². The van der Waals surface area contributed by atoms with Gasteiger partial charge in [0.05, 0.1) is 6.54 Å². The van der Waals surface area contributed by atoms with E-state index in [1.54, 1.807) is 0 Å². The van der Waals surface area contributed by atoms with Crippen LogP contribution in [0.5, 0.6) is 11.5 Å². The second-order valence-electron chi connectivity index (χ2n) is 6.01. The van der Waals surface area contributed by atoms with Crippen LogP contribution in [0.15, 0.2) is 23.2 Å². The predicted molar refractivity (Wildman–Crippen MR) is 91.0 cm³/mol. The molecule has 1 fully saturated rings. The van der Waals surface area contributed by atoms with E-state index in [0.717, 1.165) is 37.6 Å². The van der Waals surface area contributed by atoms with Crippen LogP contribution in [0.4, 0.5) is 0 Å². The van der Waals surface area contributed by atoms with Crippen LogP contribution in [0.1, 0.15) is 25.3 Å². The molecule has 0 bridgehead atoms. The molecule has 1 atom stereocenters. The number of nitrogens with two attached hydrogens (primary N) is 1. The molecular formula is C17H26N4O2. The lowest BCUT2D eigenvalue weighted by atomic mass is 10.1. The van der Waals surface area contributed by atoms with Gasteiger partial charge in [-0.3, -0.25) is 9.89 Å². The minimum Gasteiger partial charge on any atom is -0.454 e. The van der Waals surface area contributed by atoms with Gasteiger partial charge in [-0.15, -0.1) is 0 Å². The van der Waals surface area contributed by atoms with Crippen molar-refractivity contribution in [1.82, 2.24) is 10.2 Å². The molecular weight excluding hydrogens is 292 g/mol. The molecule has 2 aliphatic heterocycles. The van der Waals surface area contributed by atoms with Crippen molar-refractivity contribution < 1.29 is 9.47 Å². The van der Waals surface area contributed by atoms with Crippen LogP contribution in [-0.4, -0.2) is 49.9 Å². The Kier molecular flexibility index (Phi) is 5.23. The quantitative estimate of drug-likeness (QED) is 0.612. The van der Waals surface area contributed by atoms with E-state index in [2.05, 4.69) is 28.2 Å². The van der Waals surface area contributed by atoms with E-state index in [9.17, 15) is 0 Å². The number of nitrogens with zero attached hydrogens (tertiary/aromatic N) is 2. The fraction of sp³-hybridized carbons (Fsp3) is 0.588. The Hall–Kier alpha value is -1.95. The molecule has 0 aromatic heterocycles. The minimum atomic E-state index is 0.312. The second-order valence-corrected chi connectivity index (χ2v) is 6.01. The van der Waals surface area contributed by atoms with E-state index in [4.69, 9.17) is 15.2 Å². The van der Waals surface area contributed by atoms with Crippen LogP contribution < -0.4 is 20.5 Å². The molecule has 3 N–H and O–H groups in total. The normalized spacial score (nSPS) is 20.9. The van der Waals surface area contributed by atoms with Crippen LogP contribution in [0.2, 0.25) is 0 Å². The molecule has 1 aromatic rings. The molecule has 1 aromatic carbocycles. The maximum absolute atomic E-state index is 5.97. The van der Waals surface area contributed by atoms with Gasteiger partial charge < -0.3 is 20.5 Å². The Morgan fingerprint density at radius 2 is 2.26 bits per heavy atom. The second kappa shape index (κ2) is 7.55. The molecule has 23 heavy (non-hydrogen) atoms. The third-order valence-corrected chi connectivity index (χ3v) is 4.53. The highest BCUT2D eigenvalue weighted by atomic mass is 16.7. The molecule has 2 heterocycles. The van der Waals surface area contributed by atoms with Gasteiger partial charge in [0.2, 0.25) is 6.79 Å². The van der Waals surface area contributed by atoms with Crippen molar-refractivity contribution in [1.29, 1.82) is 0 Å². The predicted octanol–water partition coefficient (Wildman–Crippen LogP) is 1.35. The van der Waals surface area contributed by atoms with Crippen LogP contribution in [0.25, 0.3) is 0 Å². The van der Waals surface area contributed by atoms with Crippen molar-refractivity contribution in [3.63, 3.8) is 0 Å². The Morgan fingerprint density at radius 1 is 1.39 bits per heavy atom. The van der Waals surface area contributed by atoms with Gasteiger partial charge in [0.1, 0.15) is 0 Å². The van der Waals surface area contributed by atoms with Gasteiger partial charge in [-0.05, 0) is 50.0 Å². The fourth-order valence-electron chi connectivity index (χ4n) is 3.21. The number of aliphatic imine (C=N–C) groups is 1. The van der Waals surface area contributed by atoms with E-state index < -0.39 is 0 Å². The summed E-state index contributed by atoms with van der Waals surface area (Å²) in [5.74, 6) is 2.18. The van der Waals surface area contributed by atoms with Crippen LogP contribution in [0, 0.1) is 0 Å². The highest BCUT2D eigenvalue weighted by Gasteiger charge is 2.22. The zero-order chi connectivity index (χ0) is 16.1. The monoisotopic (exact) mass is 318 g/mol. The number of nitrogens with one attached hydrogen (secondary N) is 1. The number of rotatable bonds is 6. The molecule has 0 amide bonds. The zero-order valence-electron chi connectivity index (χ0n) is 13.8. The van der Waals surface area contributed by atoms with Crippen molar-refractivity contribution in [2.45, 2.75) is 32.2 Å². The summed E-state index contributed by atoms with van der Waals surface area (Å²) in [6, 6.07) is 6.58. The van der Waals surface area contributed by atoms with E-state index in [0.29, 0.717) is 18.8 Å². The largest absolute Gasteiger partial charge is 0.454 e. The SMILES string of the molecule is CCN1CCCC1CN=C(N)NCCc1ccc2c(c1)OCO2. The van der Waals surface area contributed by atoms with Gasteiger partial charge in [-0.25, -0.2) is 0 Å². The Bertz CT molecular complexity index is 562. The average Bonchev–Trinajstić information content (AvgIpc) is 3.21. The summed E-state index contributed by atoms with van der Waals surface area (Å²) >= 11 is 0. The van der Waals surface area contributed by atoms with Crippen molar-refractivity contribution in [3.05, 3.63) is 23.8 Å². The van der Waals surface area contributed by atoms with Gasteiger partial charge in [0.25, 0.3) is 0 Å². The molecule has 1 saturated heterocycles. The molecule has 126 valence electrons.